The number of carbonyl (C=O) groups is 1. The van der Waals surface area contributed by atoms with Gasteiger partial charge in [-0.1, -0.05) is 20.8 Å². The standard InChI is InChI=1S/C10H19NO/c1-10(2,3)8-5-6-11(4)9(12)7-8/h8H,5-7H2,1-4H3/t8-/m1/s1. The van der Waals surface area contributed by atoms with Crippen molar-refractivity contribution in [3.8, 4) is 0 Å². The summed E-state index contributed by atoms with van der Waals surface area (Å²) in [5.41, 5.74) is 0.289. The van der Waals surface area contributed by atoms with Crippen molar-refractivity contribution in [3.63, 3.8) is 0 Å². The summed E-state index contributed by atoms with van der Waals surface area (Å²) < 4.78 is 0. The second-order valence-corrected chi connectivity index (χ2v) is 4.87. The molecule has 2 heteroatoms. The zero-order valence-electron chi connectivity index (χ0n) is 8.55. The van der Waals surface area contributed by atoms with Crippen molar-refractivity contribution < 1.29 is 4.79 Å². The Hall–Kier alpha value is -0.530. The molecule has 0 aromatic carbocycles. The van der Waals surface area contributed by atoms with Crippen molar-refractivity contribution in [1.82, 2.24) is 4.90 Å². The fourth-order valence-corrected chi connectivity index (χ4v) is 1.68. The van der Waals surface area contributed by atoms with E-state index in [4.69, 9.17) is 0 Å². The smallest absolute Gasteiger partial charge is 0.222 e. The molecule has 1 fully saturated rings. The van der Waals surface area contributed by atoms with Crippen LogP contribution in [0.15, 0.2) is 0 Å². The first-order valence-electron chi connectivity index (χ1n) is 4.65. The quantitative estimate of drug-likeness (QED) is 0.542. The molecule has 0 unspecified atom stereocenters. The maximum absolute atomic E-state index is 11.4. The van der Waals surface area contributed by atoms with Crippen LogP contribution in [-0.2, 0) is 4.79 Å². The van der Waals surface area contributed by atoms with Gasteiger partial charge >= 0.3 is 0 Å². The molecule has 0 radical (unpaired) electrons. The summed E-state index contributed by atoms with van der Waals surface area (Å²) in [5.74, 6) is 0.877. The molecule has 1 rings (SSSR count). The van der Waals surface area contributed by atoms with Gasteiger partial charge in [-0.05, 0) is 17.8 Å². The molecule has 0 aliphatic carbocycles. The summed E-state index contributed by atoms with van der Waals surface area (Å²) in [7, 11) is 1.89. The number of rotatable bonds is 0. The zero-order valence-corrected chi connectivity index (χ0v) is 8.55. The van der Waals surface area contributed by atoms with Gasteiger partial charge < -0.3 is 4.90 Å². The molecule has 1 aliphatic rings. The number of carbonyl (C=O) groups excluding carboxylic acids is 1. The lowest BCUT2D eigenvalue weighted by Crippen LogP contribution is -2.39. The molecule has 1 amide bonds. The van der Waals surface area contributed by atoms with Gasteiger partial charge in [0.25, 0.3) is 0 Å². The summed E-state index contributed by atoms with van der Waals surface area (Å²) in [4.78, 5) is 13.2. The molecule has 0 spiro atoms. The lowest BCUT2D eigenvalue weighted by Gasteiger charge is -2.36. The van der Waals surface area contributed by atoms with Gasteiger partial charge in [0.1, 0.15) is 0 Å². The Bertz CT molecular complexity index is 181. The molecular formula is C10H19NO. The monoisotopic (exact) mass is 169 g/mol. The first-order valence-corrected chi connectivity index (χ1v) is 4.65. The number of nitrogens with zero attached hydrogens (tertiary/aromatic N) is 1. The number of hydrogen-bond donors (Lipinski definition) is 0. The Morgan fingerprint density at radius 1 is 1.42 bits per heavy atom. The van der Waals surface area contributed by atoms with Crippen LogP contribution in [0.5, 0.6) is 0 Å². The van der Waals surface area contributed by atoms with Gasteiger partial charge in [0.15, 0.2) is 0 Å². The Labute approximate surface area is 74.9 Å². The van der Waals surface area contributed by atoms with Gasteiger partial charge in [-0.2, -0.15) is 0 Å². The molecule has 1 aliphatic heterocycles. The van der Waals surface area contributed by atoms with Crippen LogP contribution in [0.1, 0.15) is 33.6 Å². The second-order valence-electron chi connectivity index (χ2n) is 4.87. The van der Waals surface area contributed by atoms with Crippen LogP contribution in [0.25, 0.3) is 0 Å². The minimum atomic E-state index is 0.289. The summed E-state index contributed by atoms with van der Waals surface area (Å²) >= 11 is 0. The van der Waals surface area contributed by atoms with E-state index in [0.717, 1.165) is 19.4 Å². The summed E-state index contributed by atoms with van der Waals surface area (Å²) in [6, 6.07) is 0. The van der Waals surface area contributed by atoms with Crippen LogP contribution < -0.4 is 0 Å². The predicted molar refractivity (Wildman–Crippen MR) is 49.8 cm³/mol. The highest BCUT2D eigenvalue weighted by Gasteiger charge is 2.31. The highest BCUT2D eigenvalue weighted by atomic mass is 16.2. The van der Waals surface area contributed by atoms with Gasteiger partial charge in [0.05, 0.1) is 0 Å². The van der Waals surface area contributed by atoms with Crippen molar-refractivity contribution in [2.45, 2.75) is 33.6 Å². The largest absolute Gasteiger partial charge is 0.346 e. The van der Waals surface area contributed by atoms with Crippen LogP contribution >= 0.6 is 0 Å². The highest BCUT2D eigenvalue weighted by molar-refractivity contribution is 5.76. The molecule has 0 saturated carbocycles. The van der Waals surface area contributed by atoms with Gasteiger partial charge in [0.2, 0.25) is 5.91 Å². The SMILES string of the molecule is CN1CC[C@@H](C(C)(C)C)CC1=O. The Balaban J connectivity index is 2.57. The topological polar surface area (TPSA) is 20.3 Å². The van der Waals surface area contributed by atoms with Crippen LogP contribution in [0.2, 0.25) is 0 Å². The maximum Gasteiger partial charge on any atom is 0.222 e. The zero-order chi connectivity index (χ0) is 9.35. The summed E-state index contributed by atoms with van der Waals surface area (Å²) in [6.07, 6.45) is 1.89. The van der Waals surface area contributed by atoms with Crippen molar-refractivity contribution >= 4 is 5.91 Å². The van der Waals surface area contributed by atoms with Crippen LogP contribution in [-0.4, -0.2) is 24.4 Å². The Morgan fingerprint density at radius 3 is 2.42 bits per heavy atom. The lowest BCUT2D eigenvalue weighted by atomic mass is 9.75. The van der Waals surface area contributed by atoms with Gasteiger partial charge in [-0.25, -0.2) is 0 Å². The van der Waals surface area contributed by atoms with E-state index < -0.39 is 0 Å². The van der Waals surface area contributed by atoms with Crippen molar-refractivity contribution in [1.29, 1.82) is 0 Å². The normalized spacial score (nSPS) is 26.2. The molecule has 0 bridgehead atoms. The number of amides is 1. The van der Waals surface area contributed by atoms with Gasteiger partial charge in [-0.15, -0.1) is 0 Å². The van der Waals surface area contributed by atoms with Crippen LogP contribution in [0.4, 0.5) is 0 Å². The van der Waals surface area contributed by atoms with Crippen molar-refractivity contribution in [2.24, 2.45) is 11.3 Å². The molecule has 70 valence electrons. The first kappa shape index (κ1) is 9.56. The number of likely N-dealkylation sites (tertiary alicyclic amines) is 1. The fraction of sp³-hybridized carbons (Fsp3) is 0.900. The Morgan fingerprint density at radius 2 is 2.00 bits per heavy atom. The third-order valence-electron chi connectivity index (χ3n) is 2.88. The van der Waals surface area contributed by atoms with Crippen LogP contribution in [0.3, 0.4) is 0 Å². The molecule has 12 heavy (non-hydrogen) atoms. The van der Waals surface area contributed by atoms with Crippen molar-refractivity contribution in [2.75, 3.05) is 13.6 Å². The molecule has 0 aromatic heterocycles. The lowest BCUT2D eigenvalue weighted by molar-refractivity contribution is -0.135. The molecule has 2 nitrogen and oxygen atoms in total. The fourth-order valence-electron chi connectivity index (χ4n) is 1.68. The number of piperidine rings is 1. The minimum absolute atomic E-state index is 0.289. The second kappa shape index (κ2) is 3.08. The average Bonchev–Trinajstić information content (AvgIpc) is 1.92. The first-order chi connectivity index (χ1) is 5.41. The molecule has 1 heterocycles. The number of hydrogen-bond acceptors (Lipinski definition) is 1. The maximum atomic E-state index is 11.4. The Kier molecular flexibility index (Phi) is 2.45. The van der Waals surface area contributed by atoms with Crippen molar-refractivity contribution in [3.05, 3.63) is 0 Å². The van der Waals surface area contributed by atoms with E-state index in [-0.39, 0.29) is 5.41 Å². The average molecular weight is 169 g/mol. The van der Waals surface area contributed by atoms with E-state index in [1.165, 1.54) is 0 Å². The molecule has 0 aromatic rings. The molecule has 1 saturated heterocycles. The predicted octanol–water partition coefficient (Wildman–Crippen LogP) is 1.90. The van der Waals surface area contributed by atoms with Gasteiger partial charge in [-0.3, -0.25) is 4.79 Å². The van der Waals surface area contributed by atoms with E-state index in [1.807, 2.05) is 11.9 Å². The summed E-state index contributed by atoms with van der Waals surface area (Å²) in [5, 5.41) is 0. The third-order valence-corrected chi connectivity index (χ3v) is 2.88. The van der Waals surface area contributed by atoms with E-state index in [9.17, 15) is 4.79 Å². The minimum Gasteiger partial charge on any atom is -0.346 e. The molecule has 1 atom stereocenters. The third kappa shape index (κ3) is 1.99. The molecular weight excluding hydrogens is 150 g/mol. The van der Waals surface area contributed by atoms with E-state index in [2.05, 4.69) is 20.8 Å². The molecule has 0 N–H and O–H groups in total. The van der Waals surface area contributed by atoms with Gasteiger partial charge in [0, 0.05) is 20.0 Å². The highest BCUT2D eigenvalue weighted by Crippen LogP contribution is 2.34. The van der Waals surface area contributed by atoms with E-state index >= 15 is 0 Å². The van der Waals surface area contributed by atoms with E-state index in [0.29, 0.717) is 11.8 Å². The van der Waals surface area contributed by atoms with Crippen LogP contribution in [0, 0.1) is 11.3 Å². The van der Waals surface area contributed by atoms with E-state index in [1.54, 1.807) is 0 Å². The summed E-state index contributed by atoms with van der Waals surface area (Å²) in [6.45, 7) is 7.59.